The molecule has 0 aliphatic carbocycles. The fraction of sp³-hybridized carbons (Fsp3) is 0.250. The molecule has 6 heteroatoms. The fourth-order valence-electron chi connectivity index (χ4n) is 4.07. The number of anilines is 1. The average Bonchev–Trinajstić information content (AvgIpc) is 3.13. The van der Waals surface area contributed by atoms with Crippen molar-refractivity contribution in [3.8, 4) is 10.6 Å². The fourth-order valence-corrected chi connectivity index (χ4v) is 5.31. The highest BCUT2D eigenvalue weighted by atomic mass is 35.5. The molecule has 0 unspecified atom stereocenters. The van der Waals surface area contributed by atoms with Gasteiger partial charge in [0.05, 0.1) is 16.2 Å². The molecule has 4 nitrogen and oxygen atoms in total. The van der Waals surface area contributed by atoms with Crippen LogP contribution in [-0.2, 0) is 6.54 Å². The molecule has 0 spiro atoms. The Labute approximate surface area is 185 Å². The summed E-state index contributed by atoms with van der Waals surface area (Å²) >= 11 is 8.41. The summed E-state index contributed by atoms with van der Waals surface area (Å²) in [6.45, 7) is 4.95. The molecule has 0 amide bonds. The predicted octanol–water partition coefficient (Wildman–Crippen LogP) is 5.72. The monoisotopic (exact) mass is 434 g/mol. The summed E-state index contributed by atoms with van der Waals surface area (Å²) in [4.78, 5) is 15.5. The molecule has 0 radical (unpaired) electrons. The Morgan fingerprint density at radius 2 is 1.80 bits per heavy atom. The number of halogens is 1. The van der Waals surface area contributed by atoms with Gasteiger partial charge in [-0.15, -0.1) is 11.3 Å². The van der Waals surface area contributed by atoms with E-state index in [1.54, 1.807) is 11.3 Å². The van der Waals surface area contributed by atoms with E-state index in [1.165, 1.54) is 10.4 Å². The van der Waals surface area contributed by atoms with E-state index in [1.807, 2.05) is 36.7 Å². The van der Waals surface area contributed by atoms with Crippen molar-refractivity contribution in [3.63, 3.8) is 0 Å². The van der Waals surface area contributed by atoms with E-state index in [2.05, 4.69) is 50.1 Å². The van der Waals surface area contributed by atoms with E-state index in [-0.39, 0.29) is 0 Å². The van der Waals surface area contributed by atoms with Crippen LogP contribution in [0.4, 0.5) is 5.69 Å². The first kappa shape index (κ1) is 19.5. The maximum absolute atomic E-state index is 6.62. The third-order valence-corrected chi connectivity index (χ3v) is 6.89. The van der Waals surface area contributed by atoms with Crippen molar-refractivity contribution < 1.29 is 0 Å². The zero-order chi connectivity index (χ0) is 20.3. The Morgan fingerprint density at radius 3 is 2.70 bits per heavy atom. The topological polar surface area (TPSA) is 32.3 Å². The quantitative estimate of drug-likeness (QED) is 0.411. The maximum Gasteiger partial charge on any atom is 0.123 e. The predicted molar refractivity (Wildman–Crippen MR) is 126 cm³/mol. The van der Waals surface area contributed by atoms with E-state index in [0.29, 0.717) is 0 Å². The van der Waals surface area contributed by atoms with Gasteiger partial charge >= 0.3 is 0 Å². The van der Waals surface area contributed by atoms with Gasteiger partial charge in [0.2, 0.25) is 0 Å². The highest BCUT2D eigenvalue weighted by molar-refractivity contribution is 7.15. The van der Waals surface area contributed by atoms with Gasteiger partial charge in [-0.25, -0.2) is 4.98 Å². The van der Waals surface area contributed by atoms with Gasteiger partial charge in [-0.05, 0) is 18.6 Å². The zero-order valence-electron chi connectivity index (χ0n) is 16.7. The number of fused-ring (bicyclic) bond motifs is 1. The summed E-state index contributed by atoms with van der Waals surface area (Å²) in [5, 5.41) is 3.01. The Hall–Kier alpha value is -2.47. The molecule has 0 atom stereocenters. The Bertz CT molecular complexity index is 1140. The Balaban J connectivity index is 1.30. The largest absolute Gasteiger partial charge is 0.367 e. The van der Waals surface area contributed by atoms with Crippen LogP contribution < -0.4 is 4.90 Å². The molecular formula is C24H23ClN4S. The van der Waals surface area contributed by atoms with E-state index in [9.17, 15) is 0 Å². The van der Waals surface area contributed by atoms with Crippen LogP contribution in [0.15, 0.2) is 67.0 Å². The minimum Gasteiger partial charge on any atom is -0.367 e. The molecule has 2 aromatic carbocycles. The van der Waals surface area contributed by atoms with Crippen molar-refractivity contribution in [2.75, 3.05) is 31.1 Å². The lowest BCUT2D eigenvalue weighted by Crippen LogP contribution is -2.30. The molecule has 0 saturated carbocycles. The van der Waals surface area contributed by atoms with Crippen LogP contribution >= 0.6 is 22.9 Å². The van der Waals surface area contributed by atoms with Crippen molar-refractivity contribution in [2.24, 2.45) is 0 Å². The summed E-state index contributed by atoms with van der Waals surface area (Å²) < 4.78 is 0. The SMILES string of the molecule is Clc1ccc2cccnc2c1N1CCCN(Cc2cnc(-c3ccccc3)s2)CC1. The van der Waals surface area contributed by atoms with Gasteiger partial charge in [0.1, 0.15) is 5.01 Å². The molecule has 152 valence electrons. The van der Waals surface area contributed by atoms with Gasteiger partial charge in [0.15, 0.2) is 0 Å². The van der Waals surface area contributed by atoms with E-state index in [4.69, 9.17) is 11.6 Å². The molecule has 1 aliphatic heterocycles. The number of benzene rings is 2. The summed E-state index contributed by atoms with van der Waals surface area (Å²) in [7, 11) is 0. The van der Waals surface area contributed by atoms with Crippen LogP contribution in [0.25, 0.3) is 21.5 Å². The van der Waals surface area contributed by atoms with Crippen molar-refractivity contribution >= 4 is 39.5 Å². The lowest BCUT2D eigenvalue weighted by molar-refractivity contribution is 0.288. The highest BCUT2D eigenvalue weighted by Gasteiger charge is 2.20. The van der Waals surface area contributed by atoms with Crippen LogP contribution in [-0.4, -0.2) is 41.0 Å². The first-order valence-corrected chi connectivity index (χ1v) is 11.5. The van der Waals surface area contributed by atoms with Gasteiger partial charge < -0.3 is 4.90 Å². The number of rotatable bonds is 4. The molecule has 1 aliphatic rings. The summed E-state index contributed by atoms with van der Waals surface area (Å²) in [5.74, 6) is 0. The molecule has 0 bridgehead atoms. The highest BCUT2D eigenvalue weighted by Crippen LogP contribution is 2.34. The third-order valence-electron chi connectivity index (χ3n) is 5.56. The molecular weight excluding hydrogens is 412 g/mol. The van der Waals surface area contributed by atoms with Crippen molar-refractivity contribution in [2.45, 2.75) is 13.0 Å². The number of hydrogen-bond donors (Lipinski definition) is 0. The lowest BCUT2D eigenvalue weighted by Gasteiger charge is -2.25. The molecule has 0 N–H and O–H groups in total. The molecule has 2 aromatic heterocycles. The van der Waals surface area contributed by atoms with Crippen LogP contribution in [0.5, 0.6) is 0 Å². The maximum atomic E-state index is 6.62. The molecule has 1 saturated heterocycles. The van der Waals surface area contributed by atoms with Crippen molar-refractivity contribution in [3.05, 3.63) is 76.9 Å². The van der Waals surface area contributed by atoms with Crippen molar-refractivity contribution in [1.29, 1.82) is 0 Å². The Morgan fingerprint density at radius 1 is 0.900 bits per heavy atom. The molecule has 30 heavy (non-hydrogen) atoms. The van der Waals surface area contributed by atoms with Gasteiger partial charge in [-0.3, -0.25) is 9.88 Å². The minimum absolute atomic E-state index is 0.782. The number of hydrogen-bond acceptors (Lipinski definition) is 5. The van der Waals surface area contributed by atoms with E-state index >= 15 is 0 Å². The summed E-state index contributed by atoms with van der Waals surface area (Å²) in [5.41, 5.74) is 3.25. The summed E-state index contributed by atoms with van der Waals surface area (Å²) in [6, 6.07) is 18.5. The Kier molecular flexibility index (Phi) is 5.67. The molecule has 1 fully saturated rings. The second kappa shape index (κ2) is 8.72. The van der Waals surface area contributed by atoms with Crippen LogP contribution in [0, 0.1) is 0 Å². The number of thiazole rings is 1. The number of nitrogens with zero attached hydrogens (tertiary/aromatic N) is 4. The van der Waals surface area contributed by atoms with Gasteiger partial charge in [0, 0.05) is 60.9 Å². The van der Waals surface area contributed by atoms with Crippen LogP contribution in [0.1, 0.15) is 11.3 Å². The number of aromatic nitrogens is 2. The second-order valence-corrected chi connectivity index (χ2v) is 9.11. The average molecular weight is 435 g/mol. The van der Waals surface area contributed by atoms with Crippen LogP contribution in [0.3, 0.4) is 0 Å². The first-order chi connectivity index (χ1) is 14.8. The normalized spacial score (nSPS) is 15.4. The van der Waals surface area contributed by atoms with Gasteiger partial charge in [-0.2, -0.15) is 0 Å². The molecule has 4 aromatic rings. The van der Waals surface area contributed by atoms with Gasteiger partial charge in [0.25, 0.3) is 0 Å². The lowest BCUT2D eigenvalue weighted by atomic mass is 10.1. The first-order valence-electron chi connectivity index (χ1n) is 10.3. The molecule has 3 heterocycles. The van der Waals surface area contributed by atoms with E-state index < -0.39 is 0 Å². The minimum atomic E-state index is 0.782. The molecule has 5 rings (SSSR count). The smallest absolute Gasteiger partial charge is 0.123 e. The van der Waals surface area contributed by atoms with Crippen molar-refractivity contribution in [1.82, 2.24) is 14.9 Å². The van der Waals surface area contributed by atoms with Crippen LogP contribution in [0.2, 0.25) is 5.02 Å². The number of pyridine rings is 1. The van der Waals surface area contributed by atoms with Gasteiger partial charge in [-0.1, -0.05) is 54.1 Å². The zero-order valence-corrected chi connectivity index (χ0v) is 18.2. The summed E-state index contributed by atoms with van der Waals surface area (Å²) in [6.07, 6.45) is 4.98. The standard InChI is InChI=1S/C24H23ClN4S/c25-21-10-9-18-8-4-11-26-22(18)23(21)29-13-5-12-28(14-15-29)17-20-16-27-24(30-20)19-6-2-1-3-7-19/h1-4,6-11,16H,5,12-15,17H2. The third kappa shape index (κ3) is 4.06. The second-order valence-electron chi connectivity index (χ2n) is 7.59. The van der Waals surface area contributed by atoms with E-state index in [0.717, 1.165) is 65.8 Å².